The molecule has 0 aliphatic rings. The number of nitrogens with zero attached hydrogens (tertiary/aromatic N) is 1. The number of hydrogen-bond acceptors (Lipinski definition) is 1. The van der Waals surface area contributed by atoms with E-state index in [4.69, 9.17) is 11.6 Å². The summed E-state index contributed by atoms with van der Waals surface area (Å²) in [5.74, 6) is 0.241. The average molecular weight is 248 g/mol. The maximum Gasteiger partial charge on any atom is 0.186 e. The van der Waals surface area contributed by atoms with Crippen molar-refractivity contribution in [3.63, 3.8) is 0 Å². The Morgan fingerprint density at radius 1 is 1.24 bits per heavy atom. The smallest absolute Gasteiger partial charge is 0.186 e. The van der Waals surface area contributed by atoms with E-state index in [1.54, 1.807) is 6.07 Å². The third kappa shape index (κ3) is 2.42. The van der Waals surface area contributed by atoms with Crippen molar-refractivity contribution in [3.8, 4) is 5.69 Å². The molecule has 0 bridgehead atoms. The van der Waals surface area contributed by atoms with Gasteiger partial charge < -0.3 is 4.57 Å². The van der Waals surface area contributed by atoms with Crippen molar-refractivity contribution in [1.29, 1.82) is 0 Å². The molecule has 0 N–H and O–H groups in total. The first-order valence-corrected chi connectivity index (χ1v) is 6.00. The maximum atomic E-state index is 11.6. The molecule has 17 heavy (non-hydrogen) atoms. The first kappa shape index (κ1) is 11.9. The lowest BCUT2D eigenvalue weighted by Crippen LogP contribution is -2.13. The number of halogens is 1. The van der Waals surface area contributed by atoms with E-state index < -0.39 is 0 Å². The van der Waals surface area contributed by atoms with E-state index in [-0.39, 0.29) is 11.3 Å². The Bertz CT molecular complexity index is 601. The molecule has 1 heterocycles. The van der Waals surface area contributed by atoms with Crippen molar-refractivity contribution in [2.24, 2.45) is 0 Å². The Balaban J connectivity index is 2.63. The van der Waals surface area contributed by atoms with Crippen molar-refractivity contribution >= 4 is 11.6 Å². The minimum Gasteiger partial charge on any atom is -0.321 e. The van der Waals surface area contributed by atoms with Crippen LogP contribution in [-0.4, -0.2) is 4.57 Å². The second kappa shape index (κ2) is 4.76. The highest BCUT2D eigenvalue weighted by molar-refractivity contribution is 6.17. The predicted octanol–water partition coefficient (Wildman–Crippen LogP) is 3.19. The summed E-state index contributed by atoms with van der Waals surface area (Å²) in [5.41, 5.74) is 3.77. The molecule has 0 atom stereocenters. The number of benzene rings is 1. The van der Waals surface area contributed by atoms with Crippen LogP contribution in [0.15, 0.2) is 41.3 Å². The molecular weight excluding hydrogens is 234 g/mol. The molecule has 88 valence electrons. The number of aryl methyl sites for hydroxylation is 2. The summed E-state index contributed by atoms with van der Waals surface area (Å²) < 4.78 is 1.99. The Morgan fingerprint density at radius 3 is 2.65 bits per heavy atom. The van der Waals surface area contributed by atoms with E-state index in [1.807, 2.05) is 42.8 Å². The van der Waals surface area contributed by atoms with Crippen molar-refractivity contribution in [1.82, 2.24) is 4.57 Å². The van der Waals surface area contributed by atoms with E-state index in [9.17, 15) is 4.79 Å². The van der Waals surface area contributed by atoms with E-state index in [1.165, 1.54) is 5.56 Å². The van der Waals surface area contributed by atoms with Gasteiger partial charge in [0.15, 0.2) is 5.43 Å². The fourth-order valence-electron chi connectivity index (χ4n) is 1.83. The lowest BCUT2D eigenvalue weighted by molar-refractivity contribution is 0.953. The summed E-state index contributed by atoms with van der Waals surface area (Å²) in [6, 6.07) is 9.77. The second-order valence-electron chi connectivity index (χ2n) is 4.15. The first-order valence-electron chi connectivity index (χ1n) is 5.47. The van der Waals surface area contributed by atoms with Crippen LogP contribution in [0, 0.1) is 13.8 Å². The Morgan fingerprint density at radius 2 is 2.00 bits per heavy atom. The molecular formula is C14H14ClNO. The minimum absolute atomic E-state index is 0.00130. The molecule has 0 saturated carbocycles. The fourth-order valence-corrected chi connectivity index (χ4v) is 2.03. The zero-order valence-corrected chi connectivity index (χ0v) is 10.7. The van der Waals surface area contributed by atoms with E-state index in [0.717, 1.165) is 11.4 Å². The van der Waals surface area contributed by atoms with Crippen molar-refractivity contribution in [3.05, 3.63) is 63.6 Å². The predicted molar refractivity (Wildman–Crippen MR) is 71.1 cm³/mol. The number of rotatable bonds is 2. The Hall–Kier alpha value is -1.54. The fraction of sp³-hybridized carbons (Fsp3) is 0.214. The van der Waals surface area contributed by atoms with Crippen LogP contribution < -0.4 is 5.43 Å². The van der Waals surface area contributed by atoms with Gasteiger partial charge in [0.1, 0.15) is 0 Å². The maximum absolute atomic E-state index is 11.6. The number of alkyl halides is 1. The van der Waals surface area contributed by atoms with Gasteiger partial charge in [-0.25, -0.2) is 0 Å². The molecule has 0 fully saturated rings. The molecule has 1 aromatic heterocycles. The quantitative estimate of drug-likeness (QED) is 0.747. The lowest BCUT2D eigenvalue weighted by atomic mass is 10.2. The summed E-state index contributed by atoms with van der Waals surface area (Å²) in [4.78, 5) is 11.6. The first-order chi connectivity index (χ1) is 8.11. The van der Waals surface area contributed by atoms with Gasteiger partial charge in [-0.05, 0) is 31.5 Å². The summed E-state index contributed by atoms with van der Waals surface area (Å²) in [6.07, 6.45) is 1.82. The van der Waals surface area contributed by atoms with Gasteiger partial charge >= 0.3 is 0 Å². The molecule has 0 unspecified atom stereocenters. The molecule has 2 aromatic rings. The number of hydrogen-bond donors (Lipinski definition) is 0. The van der Waals surface area contributed by atoms with Gasteiger partial charge in [0, 0.05) is 29.2 Å². The van der Waals surface area contributed by atoms with Crippen LogP contribution in [0.4, 0.5) is 0 Å². The van der Waals surface area contributed by atoms with Crippen LogP contribution in [-0.2, 0) is 5.88 Å². The topological polar surface area (TPSA) is 22.0 Å². The standard InChI is InChI=1S/C14H14ClNO/c1-10-4-3-5-13(6-10)16-9-12(8-15)14(17)7-11(16)2/h3-7,9H,8H2,1-2H3. The van der Waals surface area contributed by atoms with Gasteiger partial charge in [-0.2, -0.15) is 0 Å². The van der Waals surface area contributed by atoms with Crippen LogP contribution in [0.5, 0.6) is 0 Å². The third-order valence-electron chi connectivity index (χ3n) is 2.75. The summed E-state index contributed by atoms with van der Waals surface area (Å²) >= 11 is 5.76. The highest BCUT2D eigenvalue weighted by Gasteiger charge is 2.04. The van der Waals surface area contributed by atoms with Gasteiger partial charge in [0.2, 0.25) is 0 Å². The van der Waals surface area contributed by atoms with Gasteiger partial charge in [-0.15, -0.1) is 11.6 Å². The normalized spacial score (nSPS) is 10.5. The van der Waals surface area contributed by atoms with E-state index >= 15 is 0 Å². The lowest BCUT2D eigenvalue weighted by Gasteiger charge is -2.12. The molecule has 1 aromatic carbocycles. The zero-order chi connectivity index (χ0) is 12.4. The Kier molecular flexibility index (Phi) is 3.34. The monoisotopic (exact) mass is 247 g/mol. The summed E-state index contributed by atoms with van der Waals surface area (Å²) in [7, 11) is 0. The third-order valence-corrected chi connectivity index (χ3v) is 3.03. The van der Waals surface area contributed by atoms with Crippen LogP contribution in [0.25, 0.3) is 5.69 Å². The summed E-state index contributed by atoms with van der Waals surface area (Å²) in [5, 5.41) is 0. The molecule has 0 aliphatic heterocycles. The van der Waals surface area contributed by atoms with Crippen LogP contribution in [0.1, 0.15) is 16.8 Å². The van der Waals surface area contributed by atoms with Crippen LogP contribution in [0.2, 0.25) is 0 Å². The molecule has 0 radical (unpaired) electrons. The largest absolute Gasteiger partial charge is 0.321 e. The molecule has 0 aliphatic carbocycles. The van der Waals surface area contributed by atoms with E-state index in [2.05, 4.69) is 6.07 Å². The molecule has 0 spiro atoms. The van der Waals surface area contributed by atoms with Gasteiger partial charge in [-0.3, -0.25) is 4.79 Å². The minimum atomic E-state index is 0.00130. The SMILES string of the molecule is Cc1cccc(-n2cc(CCl)c(=O)cc2C)c1. The van der Waals surface area contributed by atoms with Crippen molar-refractivity contribution < 1.29 is 0 Å². The van der Waals surface area contributed by atoms with Gasteiger partial charge in [0.05, 0.1) is 5.88 Å². The molecule has 2 nitrogen and oxygen atoms in total. The molecule has 2 rings (SSSR count). The molecule has 3 heteroatoms. The van der Waals surface area contributed by atoms with Crippen LogP contribution >= 0.6 is 11.6 Å². The van der Waals surface area contributed by atoms with Gasteiger partial charge in [-0.1, -0.05) is 12.1 Å². The molecule has 0 amide bonds. The second-order valence-corrected chi connectivity index (χ2v) is 4.41. The average Bonchev–Trinajstić information content (AvgIpc) is 2.29. The van der Waals surface area contributed by atoms with Crippen molar-refractivity contribution in [2.75, 3.05) is 0 Å². The van der Waals surface area contributed by atoms with E-state index in [0.29, 0.717) is 5.56 Å². The zero-order valence-electron chi connectivity index (χ0n) is 9.90. The molecule has 0 saturated heterocycles. The highest BCUT2D eigenvalue weighted by Crippen LogP contribution is 2.13. The number of pyridine rings is 1. The Labute approximate surface area is 105 Å². The summed E-state index contributed by atoms with van der Waals surface area (Å²) in [6.45, 7) is 3.96. The van der Waals surface area contributed by atoms with Crippen LogP contribution in [0.3, 0.4) is 0 Å². The van der Waals surface area contributed by atoms with Crippen molar-refractivity contribution in [2.45, 2.75) is 19.7 Å². The highest BCUT2D eigenvalue weighted by atomic mass is 35.5. The number of aromatic nitrogens is 1. The van der Waals surface area contributed by atoms with Gasteiger partial charge in [0.25, 0.3) is 0 Å².